The number of rotatable bonds is 4. The van der Waals surface area contributed by atoms with Gasteiger partial charge in [0.1, 0.15) is 17.2 Å². The monoisotopic (exact) mass is 368 g/mol. The second kappa shape index (κ2) is 7.43. The number of phenolic OH excluding ortho intramolecular Hbond substituents is 2. The number of nitrogens with one attached hydrogen (secondary N) is 1. The minimum atomic E-state index is -4.74. The molecule has 26 heavy (non-hydrogen) atoms. The fourth-order valence-corrected chi connectivity index (χ4v) is 3.18. The first-order valence-corrected chi connectivity index (χ1v) is 8.15. The van der Waals surface area contributed by atoms with Crippen LogP contribution in [0.3, 0.4) is 0 Å². The van der Waals surface area contributed by atoms with Gasteiger partial charge < -0.3 is 20.3 Å². The minimum absolute atomic E-state index is 0.0721. The van der Waals surface area contributed by atoms with Crippen molar-refractivity contribution in [2.24, 2.45) is 0 Å². The Morgan fingerprint density at radius 3 is 2.04 bits per heavy atom. The molecule has 0 aromatic heterocycles. The number of aromatic hydroxyl groups is 2. The SMILES string of the molecule is Oc1cc(O)cc([C@@H](c2ccc(OC(F)(F)F)cc2)N2CCNCC2)c1. The summed E-state index contributed by atoms with van der Waals surface area (Å²) in [5.41, 5.74) is 1.40. The molecule has 2 aromatic carbocycles. The summed E-state index contributed by atoms with van der Waals surface area (Å²) in [5, 5.41) is 22.9. The molecule has 1 aliphatic rings. The lowest BCUT2D eigenvalue weighted by molar-refractivity contribution is -0.274. The van der Waals surface area contributed by atoms with Crippen LogP contribution in [0.4, 0.5) is 13.2 Å². The molecule has 0 aliphatic carbocycles. The molecule has 1 atom stereocenters. The van der Waals surface area contributed by atoms with Crippen LogP contribution in [0.1, 0.15) is 17.2 Å². The summed E-state index contributed by atoms with van der Waals surface area (Å²) in [6.45, 7) is 3.00. The maximum Gasteiger partial charge on any atom is 0.573 e. The standard InChI is InChI=1S/C18H19F3N2O3/c19-18(20,21)26-16-3-1-12(2-4-16)17(23-7-5-22-6-8-23)13-9-14(24)11-15(25)10-13/h1-4,9-11,17,22,24-25H,5-8H2/t17-/m1/s1. The van der Waals surface area contributed by atoms with Crippen molar-refractivity contribution in [3.05, 3.63) is 53.6 Å². The predicted octanol–water partition coefficient (Wildman–Crippen LogP) is 2.99. The van der Waals surface area contributed by atoms with E-state index in [1.54, 1.807) is 24.3 Å². The normalized spacial score (nSPS) is 17.0. The van der Waals surface area contributed by atoms with Gasteiger partial charge in [0, 0.05) is 32.2 Å². The Balaban J connectivity index is 1.94. The molecule has 5 nitrogen and oxygen atoms in total. The third kappa shape index (κ3) is 4.59. The lowest BCUT2D eigenvalue weighted by Crippen LogP contribution is -2.45. The Kier molecular flexibility index (Phi) is 5.24. The number of alkyl halides is 3. The van der Waals surface area contributed by atoms with E-state index in [2.05, 4.69) is 15.0 Å². The van der Waals surface area contributed by atoms with Crippen LogP contribution in [0.15, 0.2) is 42.5 Å². The highest BCUT2D eigenvalue weighted by molar-refractivity contribution is 5.43. The van der Waals surface area contributed by atoms with E-state index in [-0.39, 0.29) is 23.3 Å². The van der Waals surface area contributed by atoms with Crippen LogP contribution in [-0.4, -0.2) is 47.7 Å². The zero-order valence-electron chi connectivity index (χ0n) is 13.8. The van der Waals surface area contributed by atoms with Gasteiger partial charge in [-0.3, -0.25) is 4.90 Å². The van der Waals surface area contributed by atoms with Crippen LogP contribution in [-0.2, 0) is 0 Å². The Labute approximate surface area is 148 Å². The van der Waals surface area contributed by atoms with Gasteiger partial charge in [-0.05, 0) is 35.4 Å². The molecule has 0 spiro atoms. The van der Waals surface area contributed by atoms with Gasteiger partial charge >= 0.3 is 6.36 Å². The van der Waals surface area contributed by atoms with Crippen LogP contribution in [0, 0.1) is 0 Å². The maximum absolute atomic E-state index is 12.4. The highest BCUT2D eigenvalue weighted by Crippen LogP contribution is 2.34. The van der Waals surface area contributed by atoms with Crippen LogP contribution in [0.5, 0.6) is 17.2 Å². The molecule has 2 aromatic rings. The van der Waals surface area contributed by atoms with Crippen molar-refractivity contribution >= 4 is 0 Å². The fraction of sp³-hybridized carbons (Fsp3) is 0.333. The molecule has 140 valence electrons. The quantitative estimate of drug-likeness (QED) is 0.774. The van der Waals surface area contributed by atoms with Crippen LogP contribution >= 0.6 is 0 Å². The summed E-state index contributed by atoms with van der Waals surface area (Å²) in [5.74, 6) is -0.437. The van der Waals surface area contributed by atoms with Crippen LogP contribution < -0.4 is 10.1 Å². The number of halogens is 3. The summed E-state index contributed by atoms with van der Waals surface area (Å²) in [6, 6.07) is 9.68. The summed E-state index contributed by atoms with van der Waals surface area (Å²) in [7, 11) is 0. The maximum atomic E-state index is 12.4. The summed E-state index contributed by atoms with van der Waals surface area (Å²) in [6.07, 6.45) is -4.74. The highest BCUT2D eigenvalue weighted by atomic mass is 19.4. The predicted molar refractivity (Wildman–Crippen MR) is 89.2 cm³/mol. The molecule has 0 saturated carbocycles. The molecule has 0 bridgehead atoms. The third-order valence-corrected chi connectivity index (χ3v) is 4.19. The average molecular weight is 368 g/mol. The van der Waals surface area contributed by atoms with Crippen molar-refractivity contribution in [3.8, 4) is 17.2 Å². The van der Waals surface area contributed by atoms with Gasteiger partial charge in [-0.25, -0.2) is 0 Å². The van der Waals surface area contributed by atoms with E-state index in [4.69, 9.17) is 0 Å². The second-order valence-corrected chi connectivity index (χ2v) is 6.09. The summed E-state index contributed by atoms with van der Waals surface area (Å²) < 4.78 is 41.0. The van der Waals surface area contributed by atoms with Gasteiger partial charge in [0.25, 0.3) is 0 Å². The molecule has 3 N–H and O–H groups in total. The molecule has 1 saturated heterocycles. The van der Waals surface area contributed by atoms with E-state index in [9.17, 15) is 23.4 Å². The van der Waals surface area contributed by atoms with Crippen LogP contribution in [0.25, 0.3) is 0 Å². The van der Waals surface area contributed by atoms with Gasteiger partial charge in [0.05, 0.1) is 6.04 Å². The van der Waals surface area contributed by atoms with Crippen molar-refractivity contribution in [1.82, 2.24) is 10.2 Å². The smallest absolute Gasteiger partial charge is 0.508 e. The zero-order chi connectivity index (χ0) is 18.7. The first kappa shape index (κ1) is 18.3. The van der Waals surface area contributed by atoms with E-state index >= 15 is 0 Å². The van der Waals surface area contributed by atoms with Crippen molar-refractivity contribution in [3.63, 3.8) is 0 Å². The van der Waals surface area contributed by atoms with Gasteiger partial charge in [-0.2, -0.15) is 0 Å². The van der Waals surface area contributed by atoms with Crippen LogP contribution in [0.2, 0.25) is 0 Å². The Morgan fingerprint density at radius 1 is 0.923 bits per heavy atom. The van der Waals surface area contributed by atoms with Gasteiger partial charge in [0.15, 0.2) is 0 Å². The Hall–Kier alpha value is -2.45. The molecular formula is C18H19F3N2O3. The fourth-order valence-electron chi connectivity index (χ4n) is 3.18. The van der Waals surface area contributed by atoms with E-state index < -0.39 is 6.36 Å². The van der Waals surface area contributed by atoms with E-state index in [0.29, 0.717) is 5.56 Å². The lowest BCUT2D eigenvalue weighted by Gasteiger charge is -2.35. The molecule has 1 fully saturated rings. The molecule has 8 heteroatoms. The third-order valence-electron chi connectivity index (χ3n) is 4.19. The summed E-state index contributed by atoms with van der Waals surface area (Å²) >= 11 is 0. The topological polar surface area (TPSA) is 65.0 Å². The highest BCUT2D eigenvalue weighted by Gasteiger charge is 2.31. The Morgan fingerprint density at radius 2 is 1.50 bits per heavy atom. The Bertz CT molecular complexity index is 724. The lowest BCUT2D eigenvalue weighted by atomic mass is 9.96. The molecule has 1 aliphatic heterocycles. The molecule has 1 heterocycles. The van der Waals surface area contributed by atoms with Gasteiger partial charge in [0.2, 0.25) is 0 Å². The number of hydrogen-bond donors (Lipinski definition) is 3. The van der Waals surface area contributed by atoms with Crippen molar-refractivity contribution < 1.29 is 28.1 Å². The molecule has 0 unspecified atom stereocenters. The molecule has 3 rings (SSSR count). The molecular weight excluding hydrogens is 349 g/mol. The van der Waals surface area contributed by atoms with E-state index in [1.807, 2.05) is 0 Å². The zero-order valence-corrected chi connectivity index (χ0v) is 13.8. The number of nitrogens with zero attached hydrogens (tertiary/aromatic N) is 1. The summed E-state index contributed by atoms with van der Waals surface area (Å²) in [4.78, 5) is 2.14. The van der Waals surface area contributed by atoms with Crippen molar-refractivity contribution in [2.75, 3.05) is 26.2 Å². The van der Waals surface area contributed by atoms with Crippen molar-refractivity contribution in [1.29, 1.82) is 0 Å². The van der Waals surface area contributed by atoms with E-state index in [0.717, 1.165) is 31.7 Å². The largest absolute Gasteiger partial charge is 0.573 e. The number of phenols is 2. The number of ether oxygens (including phenoxy) is 1. The first-order chi connectivity index (χ1) is 12.3. The number of piperazine rings is 1. The van der Waals surface area contributed by atoms with Crippen molar-refractivity contribution in [2.45, 2.75) is 12.4 Å². The number of benzene rings is 2. The number of hydrogen-bond acceptors (Lipinski definition) is 5. The molecule has 0 amide bonds. The van der Waals surface area contributed by atoms with Gasteiger partial charge in [-0.15, -0.1) is 13.2 Å². The van der Waals surface area contributed by atoms with Gasteiger partial charge in [-0.1, -0.05) is 12.1 Å². The first-order valence-electron chi connectivity index (χ1n) is 8.15. The minimum Gasteiger partial charge on any atom is -0.508 e. The molecule has 0 radical (unpaired) electrons. The average Bonchev–Trinajstić information content (AvgIpc) is 2.55. The second-order valence-electron chi connectivity index (χ2n) is 6.09. The van der Waals surface area contributed by atoms with E-state index in [1.165, 1.54) is 18.2 Å².